The molecule has 0 aliphatic heterocycles. The second kappa shape index (κ2) is 10.7. The molecule has 0 aliphatic carbocycles. The highest BCUT2D eigenvalue weighted by Gasteiger charge is 2.21. The lowest BCUT2D eigenvalue weighted by molar-refractivity contribution is 0.282. The Morgan fingerprint density at radius 2 is 1.80 bits per heavy atom. The number of aromatic nitrogens is 4. The van der Waals surface area contributed by atoms with Crippen molar-refractivity contribution in [3.63, 3.8) is 0 Å². The van der Waals surface area contributed by atoms with Gasteiger partial charge in [0.1, 0.15) is 17.3 Å². The van der Waals surface area contributed by atoms with Crippen LogP contribution in [0.2, 0.25) is 0 Å². The van der Waals surface area contributed by atoms with Crippen LogP contribution in [0.25, 0.3) is 27.6 Å². The summed E-state index contributed by atoms with van der Waals surface area (Å²) in [5.74, 6) is -0.0965. The Bertz CT molecular complexity index is 1890. The highest BCUT2D eigenvalue weighted by Crippen LogP contribution is 2.31. The number of pyridine rings is 2. The molecule has 2 N–H and O–H groups in total. The molecule has 5 rings (SSSR count). The Balaban J connectivity index is 1.63. The summed E-state index contributed by atoms with van der Waals surface area (Å²) < 4.78 is 17.8. The molecule has 5 aromatic rings. The van der Waals surface area contributed by atoms with E-state index in [0.717, 1.165) is 22.2 Å². The van der Waals surface area contributed by atoms with E-state index in [2.05, 4.69) is 15.4 Å². The lowest BCUT2D eigenvalue weighted by Crippen LogP contribution is -2.24. The van der Waals surface area contributed by atoms with Crippen molar-refractivity contribution in [3.8, 4) is 16.8 Å². The molecule has 0 radical (unpaired) electrons. The van der Waals surface area contributed by atoms with E-state index in [4.69, 9.17) is 0 Å². The first-order chi connectivity index (χ1) is 19.5. The lowest BCUT2D eigenvalue weighted by atomic mass is 9.86. The molecular formula is C32H32FN5O3. The van der Waals surface area contributed by atoms with Crippen LogP contribution in [0, 0.1) is 5.82 Å². The van der Waals surface area contributed by atoms with Gasteiger partial charge in [-0.15, -0.1) is 0 Å². The zero-order valence-electron chi connectivity index (χ0n) is 23.7. The maximum absolute atomic E-state index is 15.3. The van der Waals surface area contributed by atoms with Crippen LogP contribution in [0.15, 0.2) is 76.7 Å². The van der Waals surface area contributed by atoms with Gasteiger partial charge in [0.25, 0.3) is 11.1 Å². The third-order valence-corrected chi connectivity index (χ3v) is 7.23. The summed E-state index contributed by atoms with van der Waals surface area (Å²) in [5.41, 5.74) is 2.89. The van der Waals surface area contributed by atoms with Crippen LogP contribution >= 0.6 is 0 Å². The van der Waals surface area contributed by atoms with Gasteiger partial charge in [-0.25, -0.2) is 9.37 Å². The second-order valence-corrected chi connectivity index (χ2v) is 11.1. The fourth-order valence-electron chi connectivity index (χ4n) is 4.84. The summed E-state index contributed by atoms with van der Waals surface area (Å²) in [5, 5.41) is 18.3. The van der Waals surface area contributed by atoms with Gasteiger partial charge in [-0.3, -0.25) is 9.59 Å². The number of hydrogen-bond donors (Lipinski definition) is 2. The number of rotatable bonds is 6. The molecule has 0 unspecified atom stereocenters. The van der Waals surface area contributed by atoms with E-state index >= 15 is 4.39 Å². The number of fused-ring (bicyclic) bond motifs is 1. The molecule has 0 saturated heterocycles. The summed E-state index contributed by atoms with van der Waals surface area (Å²) >= 11 is 0. The molecule has 0 aliphatic rings. The molecule has 41 heavy (non-hydrogen) atoms. The molecule has 9 heteroatoms. The molecule has 0 atom stereocenters. The number of hydrogen-bond acceptors (Lipinski definition) is 6. The molecule has 0 spiro atoms. The predicted octanol–water partition coefficient (Wildman–Crippen LogP) is 5.38. The minimum atomic E-state index is -0.628. The number of aliphatic hydroxyl groups excluding tert-OH is 1. The van der Waals surface area contributed by atoms with E-state index in [1.165, 1.54) is 16.8 Å². The van der Waals surface area contributed by atoms with Gasteiger partial charge in [0, 0.05) is 36.0 Å². The van der Waals surface area contributed by atoms with Gasteiger partial charge in [-0.05, 0) is 58.9 Å². The van der Waals surface area contributed by atoms with E-state index in [1.807, 2.05) is 39.8 Å². The van der Waals surface area contributed by atoms with Gasteiger partial charge < -0.3 is 15.0 Å². The van der Waals surface area contributed by atoms with E-state index in [1.54, 1.807) is 49.8 Å². The van der Waals surface area contributed by atoms with Gasteiger partial charge in [-0.2, -0.15) is 9.78 Å². The number of halogens is 1. The Morgan fingerprint density at radius 3 is 2.46 bits per heavy atom. The summed E-state index contributed by atoms with van der Waals surface area (Å²) in [6.07, 6.45) is 5.73. The fraction of sp³-hybridized carbons (Fsp3) is 0.250. The highest BCUT2D eigenvalue weighted by molar-refractivity contribution is 5.83. The lowest BCUT2D eigenvalue weighted by Gasteiger charge is -2.20. The van der Waals surface area contributed by atoms with Crippen molar-refractivity contribution >= 4 is 22.3 Å². The second-order valence-electron chi connectivity index (χ2n) is 11.1. The maximum atomic E-state index is 15.3. The summed E-state index contributed by atoms with van der Waals surface area (Å²) in [7, 11) is 1.64. The normalized spacial score (nSPS) is 11.7. The van der Waals surface area contributed by atoms with Crippen LogP contribution in [0.5, 0.6) is 0 Å². The predicted molar refractivity (Wildman–Crippen MR) is 159 cm³/mol. The smallest absolute Gasteiger partial charge is 0.282 e. The minimum absolute atomic E-state index is 0.0718. The van der Waals surface area contributed by atoms with Crippen molar-refractivity contribution in [2.24, 2.45) is 7.05 Å². The van der Waals surface area contributed by atoms with Crippen molar-refractivity contribution in [3.05, 3.63) is 110 Å². The van der Waals surface area contributed by atoms with Crippen molar-refractivity contribution in [1.82, 2.24) is 19.3 Å². The fourth-order valence-corrected chi connectivity index (χ4v) is 4.84. The van der Waals surface area contributed by atoms with E-state index in [0.29, 0.717) is 39.3 Å². The molecule has 0 saturated carbocycles. The Morgan fingerprint density at radius 1 is 1.02 bits per heavy atom. The minimum Gasteiger partial charge on any atom is -0.392 e. The highest BCUT2D eigenvalue weighted by atomic mass is 19.1. The van der Waals surface area contributed by atoms with Crippen LogP contribution in [0.3, 0.4) is 0 Å². The van der Waals surface area contributed by atoms with Crippen LogP contribution in [-0.2, 0) is 25.5 Å². The van der Waals surface area contributed by atoms with Crippen LogP contribution in [0.1, 0.15) is 44.4 Å². The standard InChI is InChI=1S/C32H32FN5O3/c1-6-19-10-11-28(34-15-19)36-26-13-21(17-37(5)30(26)40)23-8-7-9-27(24(23)18-39)38-31(41)29-20(16-35-38)12-22(14-25(29)33)32(2,3)4/h7-17,39H,6,18H2,1-5H3,(H,34,36). The summed E-state index contributed by atoms with van der Waals surface area (Å²) in [6, 6.07) is 13.8. The third-order valence-electron chi connectivity index (χ3n) is 7.23. The van der Waals surface area contributed by atoms with Crippen LogP contribution in [0.4, 0.5) is 15.9 Å². The van der Waals surface area contributed by atoms with Crippen molar-refractivity contribution < 1.29 is 9.50 Å². The third kappa shape index (κ3) is 5.28. The number of benzene rings is 2. The monoisotopic (exact) mass is 553 g/mol. The number of nitrogens with one attached hydrogen (secondary N) is 1. The Hall–Kier alpha value is -4.63. The number of aryl methyl sites for hydroxylation is 2. The molecule has 0 amide bonds. The first-order valence-corrected chi connectivity index (χ1v) is 13.4. The molecular weight excluding hydrogens is 521 g/mol. The molecule has 3 aromatic heterocycles. The molecule has 0 bridgehead atoms. The topological polar surface area (TPSA) is 102 Å². The van der Waals surface area contributed by atoms with Crippen LogP contribution < -0.4 is 16.4 Å². The molecule has 8 nitrogen and oxygen atoms in total. The molecule has 3 heterocycles. The number of nitrogens with zero attached hydrogens (tertiary/aromatic N) is 4. The first-order valence-electron chi connectivity index (χ1n) is 13.4. The van der Waals surface area contributed by atoms with Gasteiger partial charge in [-0.1, -0.05) is 45.9 Å². The van der Waals surface area contributed by atoms with E-state index < -0.39 is 18.0 Å². The van der Waals surface area contributed by atoms with Gasteiger partial charge in [0.05, 0.1) is 23.9 Å². The van der Waals surface area contributed by atoms with Crippen LogP contribution in [-0.4, -0.2) is 24.4 Å². The zero-order chi connectivity index (χ0) is 29.5. The van der Waals surface area contributed by atoms with Gasteiger partial charge in [0.15, 0.2) is 0 Å². The number of aliphatic hydroxyl groups is 1. The Kier molecular flexibility index (Phi) is 7.31. The zero-order valence-corrected chi connectivity index (χ0v) is 23.7. The molecule has 2 aromatic carbocycles. The molecule has 210 valence electrons. The summed E-state index contributed by atoms with van der Waals surface area (Å²) in [4.78, 5) is 30.9. The Labute approximate surface area is 236 Å². The number of anilines is 2. The van der Waals surface area contributed by atoms with Crippen molar-refractivity contribution in [2.75, 3.05) is 5.32 Å². The van der Waals surface area contributed by atoms with E-state index in [-0.39, 0.29) is 16.4 Å². The largest absolute Gasteiger partial charge is 0.392 e. The quantitative estimate of drug-likeness (QED) is 0.293. The molecule has 0 fully saturated rings. The van der Waals surface area contributed by atoms with Crippen molar-refractivity contribution in [2.45, 2.75) is 46.1 Å². The van der Waals surface area contributed by atoms with Crippen molar-refractivity contribution in [1.29, 1.82) is 0 Å². The maximum Gasteiger partial charge on any atom is 0.282 e. The van der Waals surface area contributed by atoms with Gasteiger partial charge in [0.2, 0.25) is 0 Å². The summed E-state index contributed by atoms with van der Waals surface area (Å²) in [6.45, 7) is 7.53. The van der Waals surface area contributed by atoms with E-state index in [9.17, 15) is 14.7 Å². The average molecular weight is 554 g/mol. The average Bonchev–Trinajstić information content (AvgIpc) is 2.94. The first kappa shape index (κ1) is 27.9. The van der Waals surface area contributed by atoms with Gasteiger partial charge >= 0.3 is 0 Å². The SMILES string of the molecule is CCc1ccc(Nc2cc(-c3cccc(-n4ncc5cc(C(C)(C)C)cc(F)c5c4=O)c3CO)cn(C)c2=O)nc1.